The Balaban J connectivity index is 1.88. The van der Waals surface area contributed by atoms with E-state index in [-0.39, 0.29) is 11.7 Å². The molecule has 0 aliphatic heterocycles. The molecule has 3 aromatic rings. The van der Waals surface area contributed by atoms with E-state index in [2.05, 4.69) is 22.2 Å². The summed E-state index contributed by atoms with van der Waals surface area (Å²) in [4.78, 5) is 22.0. The number of aryl methyl sites for hydroxylation is 2. The molecule has 1 aromatic carbocycles. The van der Waals surface area contributed by atoms with E-state index < -0.39 is 0 Å². The van der Waals surface area contributed by atoms with Crippen LogP contribution in [0.2, 0.25) is 5.02 Å². The van der Waals surface area contributed by atoms with E-state index in [4.69, 9.17) is 16.7 Å². The summed E-state index contributed by atoms with van der Waals surface area (Å²) in [6.07, 6.45) is 1.26. The second kappa shape index (κ2) is 7.02. The van der Waals surface area contributed by atoms with E-state index in [1.807, 2.05) is 45.0 Å². The molecule has 0 radical (unpaired) electrons. The van der Waals surface area contributed by atoms with E-state index >= 15 is 0 Å². The summed E-state index contributed by atoms with van der Waals surface area (Å²) in [5.74, 6) is 1.36. The first kappa shape index (κ1) is 18.6. The molecule has 0 fully saturated rings. The molecule has 2 aromatic heterocycles. The molecule has 0 saturated carbocycles. The van der Waals surface area contributed by atoms with Gasteiger partial charge in [-0.15, -0.1) is 5.10 Å². The minimum atomic E-state index is 0.0894. The number of nitrogens with zero attached hydrogens (tertiary/aromatic N) is 4. The van der Waals surface area contributed by atoms with Crippen molar-refractivity contribution in [1.29, 1.82) is 0 Å². The molecule has 0 saturated heterocycles. The van der Waals surface area contributed by atoms with Crippen molar-refractivity contribution >= 4 is 28.9 Å². The zero-order chi connectivity index (χ0) is 20.0. The minimum absolute atomic E-state index is 0.0894. The normalized spacial score (nSPS) is 16.2. The van der Waals surface area contributed by atoms with E-state index in [1.54, 1.807) is 4.68 Å². The Bertz CT molecular complexity index is 1070. The maximum atomic E-state index is 12.9. The number of fused-ring (bicyclic) bond motifs is 1. The first-order chi connectivity index (χ1) is 13.3. The zero-order valence-corrected chi connectivity index (χ0v) is 17.1. The van der Waals surface area contributed by atoms with Crippen molar-refractivity contribution in [3.05, 3.63) is 57.5 Å². The smallest absolute Gasteiger partial charge is 0.251 e. The summed E-state index contributed by atoms with van der Waals surface area (Å²) < 4.78 is 1.71. The highest BCUT2D eigenvalue weighted by Crippen LogP contribution is 2.34. The van der Waals surface area contributed by atoms with Crippen LogP contribution < -0.4 is 5.32 Å². The van der Waals surface area contributed by atoms with Gasteiger partial charge in [-0.25, -0.2) is 14.6 Å². The number of carbonyl (C=O) groups is 1. The SMILES string of the molecule is Cc1cc(C)nc(-n2nc(Nc3cccc(Cl)c3C)c3c2CC(C)CC3=O)n1. The Morgan fingerprint density at radius 2 is 1.86 bits per heavy atom. The van der Waals surface area contributed by atoms with Crippen LogP contribution in [0.1, 0.15) is 46.3 Å². The van der Waals surface area contributed by atoms with Crippen molar-refractivity contribution in [1.82, 2.24) is 19.7 Å². The van der Waals surface area contributed by atoms with Crippen LogP contribution in [0.5, 0.6) is 0 Å². The number of nitrogens with one attached hydrogen (secondary N) is 1. The maximum absolute atomic E-state index is 12.9. The third-order valence-electron chi connectivity index (χ3n) is 5.02. The van der Waals surface area contributed by atoms with Crippen LogP contribution in [0.15, 0.2) is 24.3 Å². The van der Waals surface area contributed by atoms with E-state index in [0.29, 0.717) is 28.8 Å². The highest BCUT2D eigenvalue weighted by Gasteiger charge is 2.32. The fourth-order valence-electron chi connectivity index (χ4n) is 3.68. The molecule has 4 rings (SSSR count). The molecular formula is C21H22ClN5O. The number of hydrogen-bond acceptors (Lipinski definition) is 5. The van der Waals surface area contributed by atoms with Gasteiger partial charge in [0.1, 0.15) is 0 Å². The number of benzene rings is 1. The predicted molar refractivity (Wildman–Crippen MR) is 110 cm³/mol. The van der Waals surface area contributed by atoms with Crippen molar-refractivity contribution in [2.75, 3.05) is 5.32 Å². The number of hydrogen-bond donors (Lipinski definition) is 1. The summed E-state index contributed by atoms with van der Waals surface area (Å²) in [5, 5.41) is 8.69. The van der Waals surface area contributed by atoms with Crippen LogP contribution >= 0.6 is 11.6 Å². The molecule has 0 spiro atoms. The van der Waals surface area contributed by atoms with E-state index in [9.17, 15) is 4.79 Å². The van der Waals surface area contributed by atoms with Gasteiger partial charge in [0.2, 0.25) is 0 Å². The lowest BCUT2D eigenvalue weighted by molar-refractivity contribution is 0.0953. The number of anilines is 2. The van der Waals surface area contributed by atoms with Crippen LogP contribution in [0.3, 0.4) is 0 Å². The Kier molecular flexibility index (Phi) is 4.67. The zero-order valence-electron chi connectivity index (χ0n) is 16.4. The van der Waals surface area contributed by atoms with Crippen LogP contribution in [0.4, 0.5) is 11.5 Å². The molecule has 6 nitrogen and oxygen atoms in total. The monoisotopic (exact) mass is 395 g/mol. The average Bonchev–Trinajstić information content (AvgIpc) is 2.96. The molecule has 1 unspecified atom stereocenters. The molecule has 1 N–H and O–H groups in total. The summed E-state index contributed by atoms with van der Waals surface area (Å²) in [6.45, 7) is 7.87. The minimum Gasteiger partial charge on any atom is -0.338 e. The van der Waals surface area contributed by atoms with Gasteiger partial charge in [0.15, 0.2) is 11.6 Å². The van der Waals surface area contributed by atoms with Gasteiger partial charge in [-0.3, -0.25) is 4.79 Å². The van der Waals surface area contributed by atoms with Gasteiger partial charge >= 0.3 is 0 Å². The summed E-state index contributed by atoms with van der Waals surface area (Å²) in [5.41, 5.74) is 4.94. The van der Waals surface area contributed by atoms with Crippen LogP contribution in [0, 0.1) is 26.7 Å². The van der Waals surface area contributed by atoms with E-state index in [0.717, 1.165) is 34.8 Å². The predicted octanol–water partition coefficient (Wildman–Crippen LogP) is 4.75. The molecule has 1 aliphatic rings. The Labute approximate surface area is 169 Å². The molecule has 144 valence electrons. The number of halogens is 1. The molecule has 1 aliphatic carbocycles. The lowest BCUT2D eigenvalue weighted by Crippen LogP contribution is -2.20. The average molecular weight is 396 g/mol. The van der Waals surface area contributed by atoms with Gasteiger partial charge in [0.25, 0.3) is 5.95 Å². The summed E-state index contributed by atoms with van der Waals surface area (Å²) in [6, 6.07) is 7.56. The highest BCUT2D eigenvalue weighted by molar-refractivity contribution is 6.31. The molecule has 28 heavy (non-hydrogen) atoms. The molecular weight excluding hydrogens is 374 g/mol. The largest absolute Gasteiger partial charge is 0.338 e. The number of Topliss-reactive ketones (excluding diaryl/α,β-unsaturated/α-hetero) is 1. The maximum Gasteiger partial charge on any atom is 0.251 e. The van der Waals surface area contributed by atoms with Gasteiger partial charge in [-0.05, 0) is 56.9 Å². The second-order valence-corrected chi connectivity index (χ2v) is 7.91. The third kappa shape index (κ3) is 3.29. The first-order valence-electron chi connectivity index (χ1n) is 9.33. The van der Waals surface area contributed by atoms with Gasteiger partial charge in [-0.2, -0.15) is 0 Å². The first-order valence-corrected chi connectivity index (χ1v) is 9.71. The highest BCUT2D eigenvalue weighted by atomic mass is 35.5. The standard InChI is InChI=1S/C21H22ClN5O/c1-11-8-17-19(18(28)9-11)20(25-16-7-5-6-15(22)14(16)4)26-27(17)21-23-12(2)10-13(3)24-21/h5-7,10-11H,8-9H2,1-4H3,(H,25,26). The van der Waals surface area contributed by atoms with E-state index in [1.165, 1.54) is 0 Å². The molecule has 0 amide bonds. The Morgan fingerprint density at radius 1 is 1.14 bits per heavy atom. The lowest BCUT2D eigenvalue weighted by Gasteiger charge is -2.19. The number of carbonyl (C=O) groups excluding carboxylic acids is 1. The summed E-state index contributed by atoms with van der Waals surface area (Å²) in [7, 11) is 0. The van der Waals surface area contributed by atoms with Crippen LogP contribution in [0.25, 0.3) is 5.95 Å². The van der Waals surface area contributed by atoms with Crippen molar-refractivity contribution in [2.45, 2.75) is 40.5 Å². The Hall–Kier alpha value is -2.73. The van der Waals surface area contributed by atoms with Gasteiger partial charge in [-0.1, -0.05) is 24.6 Å². The number of aromatic nitrogens is 4. The third-order valence-corrected chi connectivity index (χ3v) is 5.43. The molecule has 0 bridgehead atoms. The molecule has 7 heteroatoms. The molecule has 1 atom stereocenters. The van der Waals surface area contributed by atoms with Gasteiger partial charge in [0, 0.05) is 28.5 Å². The Morgan fingerprint density at radius 3 is 2.57 bits per heavy atom. The van der Waals surface area contributed by atoms with Crippen LogP contribution in [-0.4, -0.2) is 25.5 Å². The quantitative estimate of drug-likeness (QED) is 0.692. The summed E-state index contributed by atoms with van der Waals surface area (Å²) >= 11 is 6.25. The fraction of sp³-hybridized carbons (Fsp3) is 0.333. The van der Waals surface area contributed by atoms with Crippen molar-refractivity contribution < 1.29 is 4.79 Å². The molecule has 2 heterocycles. The van der Waals surface area contributed by atoms with Crippen molar-refractivity contribution in [3.63, 3.8) is 0 Å². The van der Waals surface area contributed by atoms with Crippen LogP contribution in [-0.2, 0) is 6.42 Å². The number of rotatable bonds is 3. The van der Waals surface area contributed by atoms with Crippen molar-refractivity contribution in [2.24, 2.45) is 5.92 Å². The second-order valence-electron chi connectivity index (χ2n) is 7.51. The number of ketones is 1. The van der Waals surface area contributed by atoms with Crippen molar-refractivity contribution in [3.8, 4) is 5.95 Å². The van der Waals surface area contributed by atoms with Gasteiger partial charge < -0.3 is 5.32 Å². The topological polar surface area (TPSA) is 72.7 Å². The fourth-order valence-corrected chi connectivity index (χ4v) is 3.86. The van der Waals surface area contributed by atoms with Gasteiger partial charge in [0.05, 0.1) is 11.3 Å². The lowest BCUT2D eigenvalue weighted by atomic mass is 9.88.